The van der Waals surface area contributed by atoms with Gasteiger partial charge in [-0.1, -0.05) is 35.0 Å². The Kier molecular flexibility index (Phi) is 5.65. The van der Waals surface area contributed by atoms with Crippen molar-refractivity contribution >= 4 is 49.6 Å². The average molecular weight is 473 g/mol. The minimum atomic E-state index is -0.709. The number of hydrogen-bond acceptors (Lipinski definition) is 5. The van der Waals surface area contributed by atoms with Gasteiger partial charge in [0.25, 0.3) is 11.5 Å². The molecule has 3 aromatic rings. The Balaban J connectivity index is 1.55. The van der Waals surface area contributed by atoms with E-state index in [1.54, 1.807) is 24.5 Å². The van der Waals surface area contributed by atoms with E-state index in [9.17, 15) is 9.59 Å². The number of aromatic nitrogens is 2. The van der Waals surface area contributed by atoms with Crippen molar-refractivity contribution < 1.29 is 4.79 Å². The lowest BCUT2D eigenvalue weighted by molar-refractivity contribution is -0.123. The maximum atomic E-state index is 13.1. The van der Waals surface area contributed by atoms with Gasteiger partial charge < -0.3 is 0 Å². The van der Waals surface area contributed by atoms with Crippen LogP contribution >= 0.6 is 27.3 Å². The Hall–Kier alpha value is -2.32. The third-order valence-corrected chi connectivity index (χ3v) is 6.99. The summed E-state index contributed by atoms with van der Waals surface area (Å²) in [5.41, 5.74) is 4.35. The van der Waals surface area contributed by atoms with Crippen LogP contribution in [0, 0.1) is 5.92 Å². The predicted octanol–water partition coefficient (Wildman–Crippen LogP) is 4.06. The lowest BCUT2D eigenvalue weighted by Crippen LogP contribution is -2.34. The number of carbonyl (C=O) groups excluding carboxylic acids is 1. The SMILES string of the molecule is C[C@H]1CCc2c(sc3ncn([C@@H](C)C(=O)N/N=C/c4ccc(Br)cc4)c(=O)c23)C1. The number of amides is 1. The molecule has 2 atom stereocenters. The fourth-order valence-corrected chi connectivity index (χ4v) is 5.16. The molecule has 0 aliphatic heterocycles. The highest BCUT2D eigenvalue weighted by Gasteiger charge is 2.25. The van der Waals surface area contributed by atoms with Crippen molar-refractivity contribution in [3.63, 3.8) is 0 Å². The first-order valence-electron chi connectivity index (χ1n) is 9.54. The van der Waals surface area contributed by atoms with Crippen LogP contribution in [0.25, 0.3) is 10.2 Å². The molecule has 8 heteroatoms. The molecule has 6 nitrogen and oxygen atoms in total. The first-order chi connectivity index (χ1) is 13.9. The van der Waals surface area contributed by atoms with Crippen LogP contribution in [-0.4, -0.2) is 21.7 Å². The second-order valence-electron chi connectivity index (χ2n) is 7.45. The van der Waals surface area contributed by atoms with Gasteiger partial charge in [-0.25, -0.2) is 10.4 Å². The number of benzene rings is 1. The minimum absolute atomic E-state index is 0.151. The monoisotopic (exact) mass is 472 g/mol. The number of nitrogens with zero attached hydrogens (tertiary/aromatic N) is 3. The second-order valence-corrected chi connectivity index (χ2v) is 9.45. The molecular formula is C21H21BrN4O2S. The van der Waals surface area contributed by atoms with Crippen molar-refractivity contribution in [2.45, 2.75) is 39.2 Å². The van der Waals surface area contributed by atoms with E-state index in [4.69, 9.17) is 0 Å². The van der Waals surface area contributed by atoms with Crippen LogP contribution in [0.15, 0.2) is 45.0 Å². The summed E-state index contributed by atoms with van der Waals surface area (Å²) in [6, 6.07) is 6.85. The van der Waals surface area contributed by atoms with Gasteiger partial charge >= 0.3 is 0 Å². The van der Waals surface area contributed by atoms with Crippen LogP contribution in [0.2, 0.25) is 0 Å². The molecular weight excluding hydrogens is 452 g/mol. The second kappa shape index (κ2) is 8.20. The van der Waals surface area contributed by atoms with Gasteiger partial charge in [-0.2, -0.15) is 5.10 Å². The number of fused-ring (bicyclic) bond motifs is 3. The van der Waals surface area contributed by atoms with Gasteiger partial charge in [0.15, 0.2) is 0 Å². The molecule has 4 rings (SSSR count). The predicted molar refractivity (Wildman–Crippen MR) is 120 cm³/mol. The van der Waals surface area contributed by atoms with Crippen LogP contribution in [0.3, 0.4) is 0 Å². The lowest BCUT2D eigenvalue weighted by atomic mass is 9.89. The van der Waals surface area contributed by atoms with Crippen LogP contribution in [0.1, 0.15) is 42.3 Å². The van der Waals surface area contributed by atoms with Crippen molar-refractivity contribution in [1.29, 1.82) is 0 Å². The van der Waals surface area contributed by atoms with E-state index in [0.717, 1.165) is 39.7 Å². The molecule has 1 aliphatic rings. The fraction of sp³-hybridized carbons (Fsp3) is 0.333. The van der Waals surface area contributed by atoms with Gasteiger partial charge in [0.2, 0.25) is 0 Å². The summed E-state index contributed by atoms with van der Waals surface area (Å²) in [7, 11) is 0. The summed E-state index contributed by atoms with van der Waals surface area (Å²) in [6.07, 6.45) is 6.01. The molecule has 29 heavy (non-hydrogen) atoms. The first-order valence-corrected chi connectivity index (χ1v) is 11.1. The van der Waals surface area contributed by atoms with Crippen molar-refractivity contribution in [3.8, 4) is 0 Å². The number of thiophene rings is 1. The molecule has 0 unspecified atom stereocenters. The highest BCUT2D eigenvalue weighted by atomic mass is 79.9. The molecule has 1 N–H and O–H groups in total. The highest BCUT2D eigenvalue weighted by molar-refractivity contribution is 9.10. The number of hydrogen-bond donors (Lipinski definition) is 1. The molecule has 1 aromatic carbocycles. The maximum absolute atomic E-state index is 13.1. The largest absolute Gasteiger partial charge is 0.286 e. The highest BCUT2D eigenvalue weighted by Crippen LogP contribution is 2.35. The van der Waals surface area contributed by atoms with Gasteiger partial charge in [-0.3, -0.25) is 14.2 Å². The van der Waals surface area contributed by atoms with E-state index >= 15 is 0 Å². The fourth-order valence-electron chi connectivity index (χ4n) is 3.56. The topological polar surface area (TPSA) is 76.3 Å². The Bertz CT molecular complexity index is 1150. The van der Waals surface area contributed by atoms with E-state index in [2.05, 4.69) is 38.4 Å². The molecule has 150 valence electrons. The van der Waals surface area contributed by atoms with Gasteiger partial charge in [-0.15, -0.1) is 11.3 Å². The summed E-state index contributed by atoms with van der Waals surface area (Å²) in [6.45, 7) is 3.92. The average Bonchev–Trinajstić information content (AvgIpc) is 3.07. The van der Waals surface area contributed by atoms with Crippen molar-refractivity contribution in [1.82, 2.24) is 15.0 Å². The number of halogens is 1. The van der Waals surface area contributed by atoms with E-state index in [-0.39, 0.29) is 11.5 Å². The Labute approximate surface area is 180 Å². The Morgan fingerprint density at radius 1 is 1.41 bits per heavy atom. The molecule has 0 bridgehead atoms. The zero-order valence-corrected chi connectivity index (χ0v) is 18.6. The maximum Gasteiger partial charge on any atom is 0.263 e. The van der Waals surface area contributed by atoms with Crippen LogP contribution in [0.5, 0.6) is 0 Å². The number of aryl methyl sites for hydroxylation is 1. The van der Waals surface area contributed by atoms with Crippen molar-refractivity contribution in [3.05, 3.63) is 61.4 Å². The number of carbonyl (C=O) groups is 1. The lowest BCUT2D eigenvalue weighted by Gasteiger charge is -2.18. The van der Waals surface area contributed by atoms with Gasteiger partial charge in [0.05, 0.1) is 17.9 Å². The number of hydrazone groups is 1. The van der Waals surface area contributed by atoms with E-state index in [1.165, 1.54) is 15.8 Å². The summed E-state index contributed by atoms with van der Waals surface area (Å²) in [5, 5.41) is 4.68. The Morgan fingerprint density at radius 3 is 2.93 bits per heavy atom. The third-order valence-electron chi connectivity index (χ3n) is 5.30. The van der Waals surface area contributed by atoms with Crippen LogP contribution < -0.4 is 11.0 Å². The van der Waals surface area contributed by atoms with Crippen molar-refractivity contribution in [2.24, 2.45) is 11.0 Å². The zero-order chi connectivity index (χ0) is 20.5. The van der Waals surface area contributed by atoms with Gasteiger partial charge in [0, 0.05) is 9.35 Å². The molecule has 2 aromatic heterocycles. The smallest absolute Gasteiger partial charge is 0.263 e. The van der Waals surface area contributed by atoms with Gasteiger partial charge in [-0.05, 0) is 55.4 Å². The number of rotatable bonds is 4. The quantitative estimate of drug-likeness (QED) is 0.459. The standard InChI is InChI=1S/C21H21BrN4O2S/c1-12-3-8-16-17(9-12)29-20-18(16)21(28)26(11-23-20)13(2)19(27)25-24-10-14-4-6-15(22)7-5-14/h4-7,10-13H,3,8-9H2,1-2H3,(H,25,27)/b24-10+/t12-,13-/m0/s1. The summed E-state index contributed by atoms with van der Waals surface area (Å²) in [4.78, 5) is 32.2. The summed E-state index contributed by atoms with van der Waals surface area (Å²) < 4.78 is 2.37. The molecule has 2 heterocycles. The summed E-state index contributed by atoms with van der Waals surface area (Å²) >= 11 is 4.98. The third kappa shape index (κ3) is 4.04. The molecule has 1 aliphatic carbocycles. The van der Waals surface area contributed by atoms with Gasteiger partial charge in [0.1, 0.15) is 10.9 Å². The van der Waals surface area contributed by atoms with E-state index in [0.29, 0.717) is 11.3 Å². The Morgan fingerprint density at radius 2 is 2.17 bits per heavy atom. The zero-order valence-electron chi connectivity index (χ0n) is 16.2. The van der Waals surface area contributed by atoms with E-state index in [1.807, 2.05) is 24.3 Å². The normalized spacial score (nSPS) is 17.4. The first kappa shape index (κ1) is 20.0. The number of nitrogens with one attached hydrogen (secondary N) is 1. The molecule has 1 amide bonds. The van der Waals surface area contributed by atoms with E-state index < -0.39 is 6.04 Å². The minimum Gasteiger partial charge on any atom is -0.286 e. The van der Waals surface area contributed by atoms with Crippen LogP contribution in [0.4, 0.5) is 0 Å². The molecule has 0 saturated carbocycles. The summed E-state index contributed by atoms with van der Waals surface area (Å²) in [5.74, 6) is 0.269. The molecule has 0 fully saturated rings. The molecule has 0 saturated heterocycles. The molecule has 0 radical (unpaired) electrons. The molecule has 0 spiro atoms. The van der Waals surface area contributed by atoms with Crippen molar-refractivity contribution in [2.75, 3.05) is 0 Å². The van der Waals surface area contributed by atoms with Crippen LogP contribution in [-0.2, 0) is 17.6 Å².